The second-order valence-corrected chi connectivity index (χ2v) is 4.36. The van der Waals surface area contributed by atoms with Crippen molar-refractivity contribution in [1.29, 1.82) is 0 Å². The predicted molar refractivity (Wildman–Crippen MR) is 54.9 cm³/mol. The highest BCUT2D eigenvalue weighted by Gasteiger charge is 2.13. The molecule has 0 radical (unpaired) electrons. The Morgan fingerprint density at radius 1 is 1.27 bits per heavy atom. The van der Waals surface area contributed by atoms with Crippen LogP contribution in [0.5, 0.6) is 0 Å². The van der Waals surface area contributed by atoms with Crippen molar-refractivity contribution in [2.75, 3.05) is 0 Å². The number of nitrogens with two attached hydrogens (primary N) is 1. The molecule has 0 spiro atoms. The van der Waals surface area contributed by atoms with E-state index >= 15 is 0 Å². The first-order chi connectivity index (χ1) is 4.95. The zero-order chi connectivity index (χ0) is 9.02. The van der Waals surface area contributed by atoms with Crippen molar-refractivity contribution >= 4 is 17.1 Å². The summed E-state index contributed by atoms with van der Waals surface area (Å²) in [4.78, 5) is 1.02. The predicted octanol–water partition coefficient (Wildman–Crippen LogP) is 2.39. The van der Waals surface area contributed by atoms with Crippen LogP contribution in [0.2, 0.25) is 0 Å². The monoisotopic (exact) mass is 173 g/mol. The van der Waals surface area contributed by atoms with Gasteiger partial charge in [0.05, 0.1) is 0 Å². The summed E-state index contributed by atoms with van der Waals surface area (Å²) >= 11 is 5.20. The molecule has 0 aliphatic rings. The number of hydrogen-bond donors (Lipinski definition) is 1. The van der Waals surface area contributed by atoms with E-state index in [-0.39, 0.29) is 6.04 Å². The van der Waals surface area contributed by atoms with Crippen LogP contribution in [0.15, 0.2) is 0 Å². The van der Waals surface area contributed by atoms with Gasteiger partial charge in [0.2, 0.25) is 0 Å². The Hall–Kier alpha value is 0.0500. The summed E-state index contributed by atoms with van der Waals surface area (Å²) in [5, 5.41) is 0. The smallest absolute Gasteiger partial charge is 0.0382 e. The lowest BCUT2D eigenvalue weighted by atomic mass is 9.96. The Balaban J connectivity index is 3.83. The minimum atomic E-state index is 0.104. The molecule has 0 aromatic carbocycles. The molecule has 11 heavy (non-hydrogen) atoms. The van der Waals surface area contributed by atoms with Crippen LogP contribution in [-0.4, -0.2) is 10.9 Å². The summed E-state index contributed by atoms with van der Waals surface area (Å²) in [6.45, 7) is 8.55. The Morgan fingerprint density at radius 3 is 2.00 bits per heavy atom. The molecule has 0 amide bonds. The molecule has 1 atom stereocenters. The molecule has 0 heterocycles. The van der Waals surface area contributed by atoms with E-state index < -0.39 is 0 Å². The molecule has 0 aromatic rings. The van der Waals surface area contributed by atoms with Gasteiger partial charge in [0.1, 0.15) is 0 Å². The van der Waals surface area contributed by atoms with Crippen LogP contribution >= 0.6 is 12.2 Å². The molecule has 0 aromatic heterocycles. The van der Waals surface area contributed by atoms with Crippen molar-refractivity contribution in [3.8, 4) is 0 Å². The second-order valence-electron chi connectivity index (χ2n) is 3.83. The minimum Gasteiger partial charge on any atom is -0.323 e. The van der Waals surface area contributed by atoms with Gasteiger partial charge in [-0.25, -0.2) is 0 Å². The fourth-order valence-electron chi connectivity index (χ4n) is 0.910. The lowest BCUT2D eigenvalue weighted by Gasteiger charge is -2.17. The molecule has 0 fully saturated rings. The van der Waals surface area contributed by atoms with Crippen LogP contribution in [0.1, 0.15) is 34.1 Å². The summed E-state index contributed by atoms with van der Waals surface area (Å²) < 4.78 is 0. The van der Waals surface area contributed by atoms with Crippen LogP contribution in [-0.2, 0) is 0 Å². The molecule has 2 N–H and O–H groups in total. The van der Waals surface area contributed by atoms with Crippen LogP contribution < -0.4 is 5.73 Å². The van der Waals surface area contributed by atoms with Gasteiger partial charge >= 0.3 is 0 Å². The van der Waals surface area contributed by atoms with Gasteiger partial charge in [-0.15, -0.1) is 0 Å². The van der Waals surface area contributed by atoms with Gasteiger partial charge < -0.3 is 5.73 Å². The van der Waals surface area contributed by atoms with Crippen molar-refractivity contribution in [3.05, 3.63) is 0 Å². The Bertz CT molecular complexity index is 130. The van der Waals surface area contributed by atoms with E-state index in [1.54, 1.807) is 0 Å². The third-order valence-corrected chi connectivity index (χ3v) is 2.14. The van der Waals surface area contributed by atoms with Gasteiger partial charge in [0, 0.05) is 10.9 Å². The molecule has 0 unspecified atom stereocenters. The third-order valence-electron chi connectivity index (χ3n) is 1.70. The van der Waals surface area contributed by atoms with Gasteiger partial charge in [-0.1, -0.05) is 39.9 Å². The second kappa shape index (κ2) is 4.83. The minimum absolute atomic E-state index is 0.104. The summed E-state index contributed by atoms with van der Waals surface area (Å²) in [7, 11) is 0. The first-order valence-electron chi connectivity index (χ1n) is 4.23. The molecule has 0 saturated heterocycles. The SMILES string of the molecule is CC(C)CC(=S)[C@@H](N)C(C)C. The summed E-state index contributed by atoms with van der Waals surface area (Å²) in [5.74, 6) is 1.11. The van der Waals surface area contributed by atoms with Crippen molar-refractivity contribution in [3.63, 3.8) is 0 Å². The van der Waals surface area contributed by atoms with Crippen LogP contribution in [0.3, 0.4) is 0 Å². The zero-order valence-corrected chi connectivity index (χ0v) is 8.74. The molecule has 0 saturated carbocycles. The van der Waals surface area contributed by atoms with E-state index in [1.165, 1.54) is 0 Å². The van der Waals surface area contributed by atoms with Crippen molar-refractivity contribution in [2.24, 2.45) is 17.6 Å². The zero-order valence-electron chi connectivity index (χ0n) is 7.92. The van der Waals surface area contributed by atoms with Crippen LogP contribution in [0.4, 0.5) is 0 Å². The van der Waals surface area contributed by atoms with E-state index in [2.05, 4.69) is 27.7 Å². The molecule has 0 rings (SSSR count). The molecule has 1 nitrogen and oxygen atoms in total. The highest BCUT2D eigenvalue weighted by Crippen LogP contribution is 2.09. The lowest BCUT2D eigenvalue weighted by molar-refractivity contribution is 0.577. The molecule has 66 valence electrons. The Labute approximate surface area is 75.4 Å². The van der Waals surface area contributed by atoms with Crippen molar-refractivity contribution in [1.82, 2.24) is 0 Å². The van der Waals surface area contributed by atoms with E-state index in [0.717, 1.165) is 11.3 Å². The molecular weight excluding hydrogens is 154 g/mol. The quantitative estimate of drug-likeness (QED) is 0.661. The molecule has 0 bridgehead atoms. The average molecular weight is 173 g/mol. The van der Waals surface area contributed by atoms with E-state index in [1.807, 2.05) is 0 Å². The van der Waals surface area contributed by atoms with E-state index in [9.17, 15) is 0 Å². The first kappa shape index (κ1) is 11.1. The van der Waals surface area contributed by atoms with Crippen molar-refractivity contribution < 1.29 is 0 Å². The topological polar surface area (TPSA) is 26.0 Å². The number of hydrogen-bond acceptors (Lipinski definition) is 2. The van der Waals surface area contributed by atoms with Gasteiger partial charge in [0.25, 0.3) is 0 Å². The average Bonchev–Trinajstić information content (AvgIpc) is 1.84. The fraction of sp³-hybridized carbons (Fsp3) is 0.889. The van der Waals surface area contributed by atoms with Crippen LogP contribution in [0.25, 0.3) is 0 Å². The summed E-state index contributed by atoms with van der Waals surface area (Å²) in [5.41, 5.74) is 5.87. The van der Waals surface area contributed by atoms with E-state index in [4.69, 9.17) is 18.0 Å². The van der Waals surface area contributed by atoms with Gasteiger partial charge in [-0.05, 0) is 18.3 Å². The Kier molecular flexibility index (Phi) is 4.86. The molecule has 2 heteroatoms. The van der Waals surface area contributed by atoms with Gasteiger partial charge in [0.15, 0.2) is 0 Å². The maximum Gasteiger partial charge on any atom is 0.0382 e. The standard InChI is InChI=1S/C9H19NS/c1-6(2)5-8(11)9(10)7(3)4/h6-7,9H,5,10H2,1-4H3/t9-/m0/s1. The molecular formula is C9H19NS. The largest absolute Gasteiger partial charge is 0.323 e. The highest BCUT2D eigenvalue weighted by molar-refractivity contribution is 7.80. The first-order valence-corrected chi connectivity index (χ1v) is 4.64. The molecule has 0 aliphatic carbocycles. The number of rotatable bonds is 4. The fourth-order valence-corrected chi connectivity index (χ4v) is 1.52. The normalized spacial score (nSPS) is 14.1. The Morgan fingerprint density at radius 2 is 1.73 bits per heavy atom. The summed E-state index contributed by atoms with van der Waals surface area (Å²) in [6.07, 6.45) is 0.981. The van der Waals surface area contributed by atoms with Crippen LogP contribution in [0, 0.1) is 11.8 Å². The summed E-state index contributed by atoms with van der Waals surface area (Å²) in [6, 6.07) is 0.104. The van der Waals surface area contributed by atoms with E-state index in [0.29, 0.717) is 11.8 Å². The van der Waals surface area contributed by atoms with Gasteiger partial charge in [-0.2, -0.15) is 0 Å². The maximum atomic E-state index is 5.87. The number of thiocarbonyl (C=S) groups is 1. The molecule has 0 aliphatic heterocycles. The highest BCUT2D eigenvalue weighted by atomic mass is 32.1. The third kappa shape index (κ3) is 4.49. The van der Waals surface area contributed by atoms with Gasteiger partial charge in [-0.3, -0.25) is 0 Å². The van der Waals surface area contributed by atoms with Crippen molar-refractivity contribution in [2.45, 2.75) is 40.2 Å². The lowest BCUT2D eigenvalue weighted by Crippen LogP contribution is -2.34. The maximum absolute atomic E-state index is 5.87.